The number of anilines is 2. The van der Waals surface area contributed by atoms with E-state index in [0.29, 0.717) is 5.15 Å². The fourth-order valence-corrected chi connectivity index (χ4v) is 3.86. The standard InChI is InChI=1S/C15H12ClN3O.C11H15N/c1-20-12-3-4-13-10(8-12)6-7-17-15(13)19-11-2-5-14(16)18-9-11;1-2-6-11(7-3-1)10-12-8-4-5-9-12/h2-9H,1H3,(H,17,19);1-3,6-7H,4-5,8-10H2. The second-order valence-corrected chi connectivity index (χ2v) is 8.10. The predicted molar refractivity (Wildman–Crippen MR) is 132 cm³/mol. The lowest BCUT2D eigenvalue weighted by atomic mass is 10.1. The molecular weight excluding hydrogens is 420 g/mol. The molecule has 0 atom stereocenters. The molecule has 0 amide bonds. The Labute approximate surface area is 194 Å². The Morgan fingerprint density at radius 3 is 2.50 bits per heavy atom. The molecule has 2 aromatic heterocycles. The number of ether oxygens (including phenoxy) is 1. The van der Waals surface area contributed by atoms with Crippen molar-refractivity contribution in [3.63, 3.8) is 0 Å². The molecule has 0 aliphatic carbocycles. The number of likely N-dealkylation sites (tertiary alicyclic amines) is 1. The normalized spacial score (nSPS) is 13.4. The SMILES string of the molecule is COc1ccc2c(Nc3ccc(Cl)nc3)nccc2c1.c1ccc(CN2CCCC2)cc1. The monoisotopic (exact) mass is 446 g/mol. The summed E-state index contributed by atoms with van der Waals surface area (Å²) in [4.78, 5) is 10.9. The number of pyridine rings is 2. The minimum absolute atomic E-state index is 0.464. The van der Waals surface area contributed by atoms with Crippen molar-refractivity contribution in [2.45, 2.75) is 19.4 Å². The number of halogens is 1. The first-order valence-corrected chi connectivity index (χ1v) is 11.2. The number of fused-ring (bicyclic) bond motifs is 1. The van der Waals surface area contributed by atoms with Gasteiger partial charge in [0, 0.05) is 18.1 Å². The van der Waals surface area contributed by atoms with E-state index in [2.05, 4.69) is 50.5 Å². The van der Waals surface area contributed by atoms with Gasteiger partial charge in [0.1, 0.15) is 16.7 Å². The molecule has 0 unspecified atom stereocenters. The number of nitrogens with one attached hydrogen (secondary N) is 1. The van der Waals surface area contributed by atoms with Crippen LogP contribution in [-0.4, -0.2) is 35.1 Å². The lowest BCUT2D eigenvalue weighted by molar-refractivity contribution is 0.331. The molecule has 0 radical (unpaired) electrons. The van der Waals surface area contributed by atoms with Gasteiger partial charge in [-0.25, -0.2) is 9.97 Å². The zero-order valence-electron chi connectivity index (χ0n) is 18.2. The van der Waals surface area contributed by atoms with Crippen molar-refractivity contribution < 1.29 is 4.74 Å². The van der Waals surface area contributed by atoms with Crippen molar-refractivity contribution >= 4 is 33.9 Å². The average Bonchev–Trinajstić information content (AvgIpc) is 3.34. The molecule has 1 saturated heterocycles. The van der Waals surface area contributed by atoms with Gasteiger partial charge < -0.3 is 10.1 Å². The van der Waals surface area contributed by atoms with Crippen LogP contribution in [0.15, 0.2) is 79.1 Å². The number of benzene rings is 2. The molecule has 0 saturated carbocycles. The predicted octanol–water partition coefficient (Wildman–Crippen LogP) is 6.32. The van der Waals surface area contributed by atoms with Gasteiger partial charge >= 0.3 is 0 Å². The summed E-state index contributed by atoms with van der Waals surface area (Å²) in [6, 6.07) is 22.1. The number of rotatable bonds is 5. The number of hydrogen-bond donors (Lipinski definition) is 1. The van der Waals surface area contributed by atoms with E-state index < -0.39 is 0 Å². The van der Waals surface area contributed by atoms with Crippen LogP contribution >= 0.6 is 11.6 Å². The van der Waals surface area contributed by atoms with Crippen LogP contribution in [-0.2, 0) is 6.54 Å². The Balaban J connectivity index is 0.000000174. The maximum Gasteiger partial charge on any atom is 0.138 e. The van der Waals surface area contributed by atoms with Crippen molar-refractivity contribution in [2.75, 3.05) is 25.5 Å². The zero-order chi connectivity index (χ0) is 22.2. The van der Waals surface area contributed by atoms with Gasteiger partial charge in [0.15, 0.2) is 0 Å². The van der Waals surface area contributed by atoms with Gasteiger partial charge in [0.2, 0.25) is 0 Å². The van der Waals surface area contributed by atoms with Gasteiger partial charge in [-0.3, -0.25) is 4.90 Å². The molecule has 0 bridgehead atoms. The third kappa shape index (κ3) is 5.96. The first-order chi connectivity index (χ1) is 15.7. The Kier molecular flexibility index (Phi) is 7.54. The maximum atomic E-state index is 5.77. The Bertz CT molecular complexity index is 1130. The summed E-state index contributed by atoms with van der Waals surface area (Å²) >= 11 is 5.77. The number of methoxy groups -OCH3 is 1. The van der Waals surface area contributed by atoms with Crippen LogP contribution in [0.4, 0.5) is 11.5 Å². The van der Waals surface area contributed by atoms with Crippen LogP contribution < -0.4 is 10.1 Å². The van der Waals surface area contributed by atoms with E-state index in [4.69, 9.17) is 16.3 Å². The third-order valence-electron chi connectivity index (χ3n) is 5.41. The second kappa shape index (κ2) is 10.9. The molecule has 1 aliphatic rings. The van der Waals surface area contributed by atoms with E-state index in [9.17, 15) is 0 Å². The van der Waals surface area contributed by atoms with Gasteiger partial charge in [0.05, 0.1) is 19.0 Å². The summed E-state index contributed by atoms with van der Waals surface area (Å²) in [7, 11) is 1.65. The van der Waals surface area contributed by atoms with Gasteiger partial charge in [-0.1, -0.05) is 41.9 Å². The Morgan fingerprint density at radius 2 is 1.78 bits per heavy atom. The van der Waals surface area contributed by atoms with Crippen molar-refractivity contribution in [3.8, 4) is 5.75 Å². The Hall–Kier alpha value is -3.15. The van der Waals surface area contributed by atoms with E-state index in [1.807, 2.05) is 30.3 Å². The smallest absolute Gasteiger partial charge is 0.138 e. The van der Waals surface area contributed by atoms with Gasteiger partial charge in [-0.05, 0) is 73.3 Å². The maximum absolute atomic E-state index is 5.77. The summed E-state index contributed by atoms with van der Waals surface area (Å²) < 4.78 is 5.23. The zero-order valence-corrected chi connectivity index (χ0v) is 18.9. The van der Waals surface area contributed by atoms with Crippen LogP contribution in [0, 0.1) is 0 Å². The average molecular weight is 447 g/mol. The number of nitrogens with zero attached hydrogens (tertiary/aromatic N) is 3. The van der Waals surface area contributed by atoms with Crippen molar-refractivity contribution in [1.82, 2.24) is 14.9 Å². The summed E-state index contributed by atoms with van der Waals surface area (Å²) in [5, 5.41) is 5.78. The minimum Gasteiger partial charge on any atom is -0.497 e. The lowest BCUT2D eigenvalue weighted by Gasteiger charge is -2.13. The first kappa shape index (κ1) is 22.1. The van der Waals surface area contributed by atoms with E-state index in [-0.39, 0.29) is 0 Å². The summed E-state index contributed by atoms with van der Waals surface area (Å²) in [5.74, 6) is 1.59. The number of hydrogen-bond acceptors (Lipinski definition) is 5. The second-order valence-electron chi connectivity index (χ2n) is 7.71. The fraction of sp³-hybridized carbons (Fsp3) is 0.231. The summed E-state index contributed by atoms with van der Waals surface area (Å²) in [6.07, 6.45) is 6.19. The molecule has 1 N–H and O–H groups in total. The third-order valence-corrected chi connectivity index (χ3v) is 5.63. The van der Waals surface area contributed by atoms with Crippen molar-refractivity contribution in [2.24, 2.45) is 0 Å². The van der Waals surface area contributed by atoms with Crippen molar-refractivity contribution in [1.29, 1.82) is 0 Å². The van der Waals surface area contributed by atoms with Crippen LogP contribution in [0.1, 0.15) is 18.4 Å². The van der Waals surface area contributed by atoms with Crippen LogP contribution in [0.5, 0.6) is 5.75 Å². The van der Waals surface area contributed by atoms with Gasteiger partial charge in [0.25, 0.3) is 0 Å². The highest BCUT2D eigenvalue weighted by Crippen LogP contribution is 2.27. The van der Waals surface area contributed by atoms with E-state index >= 15 is 0 Å². The molecule has 0 spiro atoms. The van der Waals surface area contributed by atoms with E-state index in [0.717, 1.165) is 34.6 Å². The Morgan fingerprint density at radius 1 is 0.969 bits per heavy atom. The molecule has 32 heavy (non-hydrogen) atoms. The van der Waals surface area contributed by atoms with Crippen LogP contribution in [0.2, 0.25) is 5.15 Å². The molecule has 5 rings (SSSR count). The van der Waals surface area contributed by atoms with E-state index in [1.165, 1.54) is 31.5 Å². The molecule has 1 fully saturated rings. The van der Waals surface area contributed by atoms with Crippen molar-refractivity contribution in [3.05, 3.63) is 89.8 Å². The molecule has 2 aromatic carbocycles. The first-order valence-electron chi connectivity index (χ1n) is 10.8. The molecule has 4 aromatic rings. The highest BCUT2D eigenvalue weighted by molar-refractivity contribution is 6.29. The van der Waals surface area contributed by atoms with E-state index in [1.54, 1.807) is 25.6 Å². The van der Waals surface area contributed by atoms with Crippen LogP contribution in [0.25, 0.3) is 10.8 Å². The van der Waals surface area contributed by atoms with Crippen LogP contribution in [0.3, 0.4) is 0 Å². The number of aromatic nitrogens is 2. The molecular formula is C26H27ClN4O. The van der Waals surface area contributed by atoms with Gasteiger partial charge in [-0.15, -0.1) is 0 Å². The lowest BCUT2D eigenvalue weighted by Crippen LogP contribution is -2.18. The quantitative estimate of drug-likeness (QED) is 0.363. The topological polar surface area (TPSA) is 50.3 Å². The molecule has 1 aliphatic heterocycles. The summed E-state index contributed by atoms with van der Waals surface area (Å²) in [5.41, 5.74) is 2.28. The largest absolute Gasteiger partial charge is 0.497 e. The fourth-order valence-electron chi connectivity index (χ4n) is 3.75. The summed E-state index contributed by atoms with van der Waals surface area (Å²) in [6.45, 7) is 3.71. The highest BCUT2D eigenvalue weighted by atomic mass is 35.5. The molecule has 3 heterocycles. The molecule has 5 nitrogen and oxygen atoms in total. The molecule has 6 heteroatoms. The molecule has 164 valence electrons. The van der Waals surface area contributed by atoms with Gasteiger partial charge in [-0.2, -0.15) is 0 Å². The highest BCUT2D eigenvalue weighted by Gasteiger charge is 2.10. The minimum atomic E-state index is 0.464.